The Morgan fingerprint density at radius 1 is 0.651 bits per heavy atom. The van der Waals surface area contributed by atoms with E-state index in [2.05, 4.69) is 20.6 Å². The van der Waals surface area contributed by atoms with Gasteiger partial charge in [-0.3, -0.25) is 19.6 Å². The van der Waals surface area contributed by atoms with Crippen molar-refractivity contribution in [3.63, 3.8) is 0 Å². The summed E-state index contributed by atoms with van der Waals surface area (Å²) in [5.41, 5.74) is 0.466. The number of amidine groups is 2. The number of hydrogen-bond acceptors (Lipinski definition) is 8. The molecule has 2 fully saturated rings. The van der Waals surface area contributed by atoms with Gasteiger partial charge in [-0.2, -0.15) is 0 Å². The smallest absolute Gasteiger partial charge is 0.545 e. The average Bonchev–Trinajstić information content (AvgIpc) is 3.44. The molecule has 2 amide bonds. The molecule has 0 atom stereocenters. The van der Waals surface area contributed by atoms with Gasteiger partial charge in [0.05, 0.1) is 11.9 Å². The number of nitrogens with one attached hydrogen (secondary N) is 2. The molecule has 0 bridgehead atoms. The molecular weight excluding hydrogens is 576 g/mol. The second-order valence-electron chi connectivity index (χ2n) is 11.7. The predicted molar refractivity (Wildman–Crippen MR) is 163 cm³/mol. The second kappa shape index (κ2) is 16.9. The van der Waals surface area contributed by atoms with Crippen molar-refractivity contribution in [1.82, 2.24) is 10.6 Å². The molecule has 2 aliphatic carbocycles. The first kappa shape index (κ1) is 37.1. The van der Waals surface area contributed by atoms with E-state index in [4.69, 9.17) is 0 Å². The predicted octanol–water partition coefficient (Wildman–Crippen LogP) is 2.57. The van der Waals surface area contributed by atoms with Crippen LogP contribution in [0.5, 0.6) is 0 Å². The van der Waals surface area contributed by atoms with Crippen LogP contribution in [0, 0.1) is 0 Å². The Morgan fingerprint density at radius 3 is 1.23 bits per heavy atom. The number of carboxylic acids is 2. The fourth-order valence-electron chi connectivity index (χ4n) is 6.57. The number of hydrogen-bond donors (Lipinski definition) is 2. The summed E-state index contributed by atoms with van der Waals surface area (Å²) < 4.78 is 0. The van der Waals surface area contributed by atoms with Crippen LogP contribution in [-0.4, -0.2) is 84.2 Å². The molecule has 2 saturated carbocycles. The first-order chi connectivity index (χ1) is 20.1. The van der Waals surface area contributed by atoms with Gasteiger partial charge >= 0.3 is 37.7 Å². The van der Waals surface area contributed by atoms with Crippen LogP contribution in [0.4, 0.5) is 0 Å². The van der Waals surface area contributed by atoms with Gasteiger partial charge in [-0.15, -0.1) is 0 Å². The zero-order valence-corrected chi connectivity index (χ0v) is 28.6. The Morgan fingerprint density at radius 2 is 0.977 bits per heavy atom. The molecule has 2 heterocycles. The molecule has 0 aromatic carbocycles. The molecule has 2 aliphatic heterocycles. The van der Waals surface area contributed by atoms with Gasteiger partial charge in [0.2, 0.25) is 0 Å². The first-order valence-electron chi connectivity index (χ1n) is 15.8. The topological polar surface area (TPSA) is 163 Å². The maximum Gasteiger partial charge on any atom is 2.00 e. The third-order valence-electron chi connectivity index (χ3n) is 8.82. The van der Waals surface area contributed by atoms with E-state index in [0.29, 0.717) is 48.5 Å². The van der Waals surface area contributed by atoms with Crippen molar-refractivity contribution in [2.45, 2.75) is 142 Å². The van der Waals surface area contributed by atoms with Gasteiger partial charge in [0.15, 0.2) is 0 Å². The first-order valence-corrected chi connectivity index (χ1v) is 15.8. The molecular formula is C32H46CaN4O6. The van der Waals surface area contributed by atoms with E-state index < -0.39 is 23.0 Å². The number of nitrogens with zero attached hydrogens (tertiary/aromatic N) is 2. The minimum atomic E-state index is -1.16. The molecule has 0 aromatic heterocycles. The number of amides is 2. The van der Waals surface area contributed by atoms with Gasteiger partial charge in [-0.25, -0.2) is 0 Å². The van der Waals surface area contributed by atoms with E-state index in [1.165, 1.54) is 0 Å². The Balaban J connectivity index is 0.000000293. The van der Waals surface area contributed by atoms with Crippen LogP contribution < -0.4 is 20.8 Å². The van der Waals surface area contributed by atoms with Gasteiger partial charge in [0, 0.05) is 0 Å². The van der Waals surface area contributed by atoms with E-state index >= 15 is 0 Å². The zero-order chi connectivity index (χ0) is 30.9. The van der Waals surface area contributed by atoms with Crippen molar-refractivity contribution in [1.29, 1.82) is 0 Å². The zero-order valence-electron chi connectivity index (χ0n) is 26.4. The molecule has 2 spiro atoms. The molecule has 0 aromatic rings. The maximum atomic E-state index is 12.3. The van der Waals surface area contributed by atoms with Crippen molar-refractivity contribution in [3.8, 4) is 0 Å². The summed E-state index contributed by atoms with van der Waals surface area (Å²) in [6.45, 7) is 7.62. The van der Waals surface area contributed by atoms with Crippen LogP contribution in [0.1, 0.15) is 130 Å². The number of carbonyl (C=O) groups excluding carboxylic acids is 4. The molecule has 4 rings (SSSR count). The number of aliphatic carboxylic acids is 2. The monoisotopic (exact) mass is 622 g/mol. The summed E-state index contributed by atoms with van der Waals surface area (Å²) in [7, 11) is 0. The van der Waals surface area contributed by atoms with Gasteiger partial charge in [-0.1, -0.05) is 79.1 Å². The standard InChI is InChI=1S/2C16H24N2O3.Ca/c2*1-3-8-12(14(19)20)11(4-2)13-17-15(21)16(18-13)9-6-5-7-10-16;/h2*3-10H2,1-2H3,(H,19,20)(H,17,18,21);/q;;+2/p-2/b2*12-11-;. The largest absolute Gasteiger partial charge is 2.00 e. The fourth-order valence-corrected chi connectivity index (χ4v) is 6.57. The van der Waals surface area contributed by atoms with Gasteiger partial charge in [-0.05, 0) is 73.7 Å². The van der Waals surface area contributed by atoms with Gasteiger partial charge < -0.3 is 30.4 Å². The van der Waals surface area contributed by atoms with Crippen molar-refractivity contribution >= 4 is 73.2 Å². The molecule has 0 unspecified atom stereocenters. The van der Waals surface area contributed by atoms with Crippen molar-refractivity contribution < 1.29 is 29.4 Å². The maximum absolute atomic E-state index is 12.3. The number of rotatable bonds is 10. The minimum Gasteiger partial charge on any atom is -0.545 e. The van der Waals surface area contributed by atoms with Crippen LogP contribution in [-0.2, 0) is 19.2 Å². The molecule has 0 saturated heterocycles. The van der Waals surface area contributed by atoms with Crippen LogP contribution in [0.2, 0.25) is 0 Å². The van der Waals surface area contributed by atoms with E-state index in [1.807, 2.05) is 27.7 Å². The molecule has 10 nitrogen and oxygen atoms in total. The van der Waals surface area contributed by atoms with Gasteiger partial charge in [0.25, 0.3) is 11.8 Å². The minimum absolute atomic E-state index is 0. The third kappa shape index (κ3) is 8.57. The summed E-state index contributed by atoms with van der Waals surface area (Å²) in [6.07, 6.45) is 12.7. The Bertz CT molecular complexity index is 1100. The Labute approximate surface area is 285 Å². The molecule has 4 aliphatic rings. The number of carboxylic acid groups (broad SMARTS) is 2. The van der Waals surface area contributed by atoms with Crippen molar-refractivity contribution in [2.75, 3.05) is 0 Å². The van der Waals surface area contributed by atoms with E-state index in [0.717, 1.165) is 77.0 Å². The Kier molecular flexibility index (Phi) is 14.6. The summed E-state index contributed by atoms with van der Waals surface area (Å²) >= 11 is 0. The normalized spacial score (nSPS) is 21.3. The quantitative estimate of drug-likeness (QED) is 0.281. The van der Waals surface area contributed by atoms with Crippen molar-refractivity contribution in [3.05, 3.63) is 22.3 Å². The van der Waals surface area contributed by atoms with Crippen molar-refractivity contribution in [2.24, 2.45) is 9.98 Å². The summed E-state index contributed by atoms with van der Waals surface area (Å²) in [5.74, 6) is -1.55. The Hall–Kier alpha value is -2.04. The average molecular weight is 623 g/mol. The molecule has 232 valence electrons. The fraction of sp³-hybridized carbons (Fsp3) is 0.688. The molecule has 43 heavy (non-hydrogen) atoms. The van der Waals surface area contributed by atoms with Crippen LogP contribution in [0.15, 0.2) is 32.3 Å². The number of carbonyl (C=O) groups is 4. The van der Waals surface area contributed by atoms with E-state index in [1.54, 1.807) is 0 Å². The second-order valence-corrected chi connectivity index (χ2v) is 11.7. The molecule has 2 N–H and O–H groups in total. The third-order valence-corrected chi connectivity index (χ3v) is 8.82. The van der Waals surface area contributed by atoms with Crippen LogP contribution in [0.3, 0.4) is 0 Å². The SMILES string of the molecule is CCC/C(C(=O)[O-])=C(\CC)C1=NC2(CCCCC2)C(=O)N1.CCC/C(C(=O)[O-])=C(\CC)C1=NC2(CCCCC2)C(=O)N1.[Ca+2]. The molecule has 11 heteroatoms. The molecule has 0 radical (unpaired) electrons. The van der Waals surface area contributed by atoms with E-state index in [9.17, 15) is 29.4 Å². The van der Waals surface area contributed by atoms with Gasteiger partial charge in [0.1, 0.15) is 22.7 Å². The summed E-state index contributed by atoms with van der Waals surface area (Å²) in [4.78, 5) is 56.6. The van der Waals surface area contributed by atoms with Crippen LogP contribution in [0.25, 0.3) is 0 Å². The van der Waals surface area contributed by atoms with Crippen LogP contribution >= 0.6 is 0 Å². The summed E-state index contributed by atoms with van der Waals surface area (Å²) in [5, 5.41) is 28.4. The summed E-state index contributed by atoms with van der Waals surface area (Å²) in [6, 6.07) is 0. The van der Waals surface area contributed by atoms with E-state index in [-0.39, 0.29) is 60.7 Å². The number of aliphatic imine (C=N–C) groups is 2.